The maximum absolute atomic E-state index is 10.9. The fourth-order valence-corrected chi connectivity index (χ4v) is 2.14. The van der Waals surface area contributed by atoms with Crippen LogP contribution in [0.3, 0.4) is 0 Å². The van der Waals surface area contributed by atoms with E-state index in [1.165, 1.54) is 0 Å². The number of aldehydes is 1. The van der Waals surface area contributed by atoms with Crippen LogP contribution in [0.15, 0.2) is 57.5 Å². The Bertz CT molecular complexity index is 784. The molecule has 5 nitrogen and oxygen atoms in total. The average molecular weight is 359 g/mol. The van der Waals surface area contributed by atoms with Gasteiger partial charge in [-0.25, -0.2) is 0 Å². The summed E-state index contributed by atoms with van der Waals surface area (Å²) in [4.78, 5) is 15.2. The van der Waals surface area contributed by atoms with Crippen LogP contribution < -0.4 is 4.74 Å². The highest BCUT2D eigenvalue weighted by molar-refractivity contribution is 9.10. The van der Waals surface area contributed by atoms with E-state index in [0.29, 0.717) is 23.0 Å². The van der Waals surface area contributed by atoms with Crippen LogP contribution in [0.4, 0.5) is 0 Å². The summed E-state index contributed by atoms with van der Waals surface area (Å²) in [5, 5.41) is 3.92. The molecule has 0 atom stereocenters. The van der Waals surface area contributed by atoms with Crippen molar-refractivity contribution in [1.29, 1.82) is 0 Å². The van der Waals surface area contributed by atoms with E-state index in [-0.39, 0.29) is 6.61 Å². The maximum atomic E-state index is 10.9. The van der Waals surface area contributed by atoms with E-state index < -0.39 is 0 Å². The van der Waals surface area contributed by atoms with Crippen LogP contribution in [0.2, 0.25) is 0 Å². The molecule has 0 aliphatic rings. The van der Waals surface area contributed by atoms with Crippen molar-refractivity contribution >= 4 is 22.2 Å². The molecule has 1 heterocycles. The summed E-state index contributed by atoms with van der Waals surface area (Å²) in [6.07, 6.45) is 0.746. The van der Waals surface area contributed by atoms with Gasteiger partial charge >= 0.3 is 0 Å². The number of nitrogens with zero attached hydrogens (tertiary/aromatic N) is 2. The molecule has 0 unspecified atom stereocenters. The average Bonchev–Trinajstić information content (AvgIpc) is 3.03. The molecule has 1 aromatic heterocycles. The molecule has 22 heavy (non-hydrogen) atoms. The van der Waals surface area contributed by atoms with E-state index in [1.807, 2.05) is 24.3 Å². The number of carbonyl (C=O) groups excluding carboxylic acids is 1. The van der Waals surface area contributed by atoms with E-state index in [0.717, 1.165) is 16.3 Å². The Balaban J connectivity index is 1.72. The second-order valence-electron chi connectivity index (χ2n) is 4.46. The third-order valence-corrected chi connectivity index (χ3v) is 3.50. The molecule has 0 fully saturated rings. The Morgan fingerprint density at radius 2 is 1.91 bits per heavy atom. The number of benzene rings is 2. The molecular weight excluding hydrogens is 348 g/mol. The zero-order chi connectivity index (χ0) is 15.4. The standard InChI is InChI=1S/C16H11BrN2O3/c17-13-7-5-11(6-8-13)16-18-15(22-19-16)10-21-14-4-2-1-3-12(14)9-20/h1-9H,10H2. The van der Waals surface area contributed by atoms with Crippen molar-refractivity contribution in [2.75, 3.05) is 0 Å². The van der Waals surface area contributed by atoms with Gasteiger partial charge in [0.15, 0.2) is 12.9 Å². The van der Waals surface area contributed by atoms with Crippen molar-refractivity contribution in [2.24, 2.45) is 0 Å². The Kier molecular flexibility index (Phi) is 4.29. The number of carbonyl (C=O) groups is 1. The van der Waals surface area contributed by atoms with Crippen molar-refractivity contribution in [3.63, 3.8) is 0 Å². The van der Waals surface area contributed by atoms with Gasteiger partial charge in [0.2, 0.25) is 5.82 Å². The minimum absolute atomic E-state index is 0.106. The van der Waals surface area contributed by atoms with Crippen molar-refractivity contribution in [3.8, 4) is 17.1 Å². The molecule has 2 aromatic carbocycles. The second kappa shape index (κ2) is 6.53. The van der Waals surface area contributed by atoms with Gasteiger partial charge in [-0.15, -0.1) is 0 Å². The highest BCUT2D eigenvalue weighted by Gasteiger charge is 2.10. The number of aromatic nitrogens is 2. The number of ether oxygens (including phenoxy) is 1. The quantitative estimate of drug-likeness (QED) is 0.647. The Morgan fingerprint density at radius 3 is 2.68 bits per heavy atom. The van der Waals surface area contributed by atoms with E-state index in [4.69, 9.17) is 9.26 Å². The van der Waals surface area contributed by atoms with Gasteiger partial charge in [-0.1, -0.05) is 33.2 Å². The maximum Gasteiger partial charge on any atom is 0.264 e. The van der Waals surface area contributed by atoms with Crippen molar-refractivity contribution < 1.29 is 14.1 Å². The molecule has 0 saturated carbocycles. The van der Waals surface area contributed by atoms with Crippen molar-refractivity contribution in [1.82, 2.24) is 10.1 Å². The van der Waals surface area contributed by atoms with Gasteiger partial charge < -0.3 is 9.26 Å². The van der Waals surface area contributed by atoms with E-state index in [2.05, 4.69) is 26.1 Å². The first-order valence-corrected chi connectivity index (χ1v) is 7.31. The second-order valence-corrected chi connectivity index (χ2v) is 5.38. The fraction of sp³-hybridized carbons (Fsp3) is 0.0625. The molecule has 110 valence electrons. The van der Waals surface area contributed by atoms with Crippen LogP contribution in [0.1, 0.15) is 16.2 Å². The van der Waals surface area contributed by atoms with Gasteiger partial charge in [0, 0.05) is 10.0 Å². The summed E-state index contributed by atoms with van der Waals surface area (Å²) in [5.74, 6) is 1.33. The van der Waals surface area contributed by atoms with Gasteiger partial charge in [-0.05, 0) is 36.4 Å². The van der Waals surface area contributed by atoms with E-state index in [9.17, 15) is 4.79 Å². The van der Waals surface area contributed by atoms with Crippen LogP contribution in [-0.2, 0) is 6.61 Å². The molecule has 3 aromatic rings. The normalized spacial score (nSPS) is 10.4. The van der Waals surface area contributed by atoms with Crippen LogP contribution in [-0.4, -0.2) is 16.4 Å². The van der Waals surface area contributed by atoms with Crippen molar-refractivity contribution in [2.45, 2.75) is 6.61 Å². The topological polar surface area (TPSA) is 65.2 Å². The lowest BCUT2D eigenvalue weighted by Crippen LogP contribution is -1.98. The summed E-state index contributed by atoms with van der Waals surface area (Å²) in [5.41, 5.74) is 1.33. The third kappa shape index (κ3) is 3.23. The minimum Gasteiger partial charge on any atom is -0.483 e. The molecule has 0 amide bonds. The smallest absolute Gasteiger partial charge is 0.264 e. The molecular formula is C16H11BrN2O3. The molecule has 0 bridgehead atoms. The Hall–Kier alpha value is -2.47. The predicted octanol–water partition coefficient (Wildman–Crippen LogP) is 3.89. The van der Waals surface area contributed by atoms with Gasteiger partial charge in [0.25, 0.3) is 5.89 Å². The number of hydrogen-bond acceptors (Lipinski definition) is 5. The summed E-state index contributed by atoms with van der Waals surface area (Å²) >= 11 is 3.37. The third-order valence-electron chi connectivity index (χ3n) is 2.97. The highest BCUT2D eigenvalue weighted by Crippen LogP contribution is 2.20. The summed E-state index contributed by atoms with van der Waals surface area (Å²) in [6, 6.07) is 14.6. The van der Waals surface area contributed by atoms with Crippen LogP contribution in [0, 0.1) is 0 Å². The monoisotopic (exact) mass is 358 g/mol. The molecule has 0 saturated heterocycles. The fourth-order valence-electron chi connectivity index (χ4n) is 1.88. The predicted molar refractivity (Wildman–Crippen MR) is 83.6 cm³/mol. The van der Waals surface area contributed by atoms with Crippen LogP contribution in [0.5, 0.6) is 5.75 Å². The molecule has 0 radical (unpaired) electrons. The number of para-hydroxylation sites is 1. The first kappa shape index (κ1) is 14.5. The van der Waals surface area contributed by atoms with Crippen molar-refractivity contribution in [3.05, 3.63) is 64.5 Å². The SMILES string of the molecule is O=Cc1ccccc1OCc1nc(-c2ccc(Br)cc2)no1. The molecule has 6 heteroatoms. The summed E-state index contributed by atoms with van der Waals surface area (Å²) in [7, 11) is 0. The summed E-state index contributed by atoms with van der Waals surface area (Å²) < 4.78 is 11.7. The van der Waals surface area contributed by atoms with Crippen LogP contribution >= 0.6 is 15.9 Å². The number of hydrogen-bond donors (Lipinski definition) is 0. The van der Waals surface area contributed by atoms with E-state index >= 15 is 0 Å². The molecule has 0 aliphatic heterocycles. The number of rotatable bonds is 5. The zero-order valence-corrected chi connectivity index (χ0v) is 13.0. The number of halogens is 1. The molecule has 0 aliphatic carbocycles. The first-order valence-electron chi connectivity index (χ1n) is 6.52. The van der Waals surface area contributed by atoms with Gasteiger partial charge in [-0.3, -0.25) is 4.79 Å². The van der Waals surface area contributed by atoms with Gasteiger partial charge in [0.05, 0.1) is 5.56 Å². The highest BCUT2D eigenvalue weighted by atomic mass is 79.9. The summed E-state index contributed by atoms with van der Waals surface area (Å²) in [6.45, 7) is 0.106. The van der Waals surface area contributed by atoms with Gasteiger partial charge in [-0.2, -0.15) is 4.98 Å². The lowest BCUT2D eigenvalue weighted by atomic mass is 10.2. The first-order chi connectivity index (χ1) is 10.8. The molecule has 3 rings (SSSR count). The van der Waals surface area contributed by atoms with Crippen LogP contribution in [0.25, 0.3) is 11.4 Å². The lowest BCUT2D eigenvalue weighted by molar-refractivity contribution is 0.111. The zero-order valence-electron chi connectivity index (χ0n) is 11.4. The van der Waals surface area contributed by atoms with E-state index in [1.54, 1.807) is 24.3 Å². The molecule has 0 N–H and O–H groups in total. The molecule has 0 spiro atoms. The lowest BCUT2D eigenvalue weighted by Gasteiger charge is -2.04. The van der Waals surface area contributed by atoms with Gasteiger partial charge in [0.1, 0.15) is 5.75 Å². The Labute approximate surface area is 135 Å². The largest absolute Gasteiger partial charge is 0.483 e. The Morgan fingerprint density at radius 1 is 1.14 bits per heavy atom. The minimum atomic E-state index is 0.106.